The zero-order chi connectivity index (χ0) is 19.0. The Balaban J connectivity index is 1.93. The minimum atomic E-state index is -1.46. The first kappa shape index (κ1) is 18.6. The smallest absolute Gasteiger partial charge is 0.315 e. The van der Waals surface area contributed by atoms with E-state index in [1.54, 1.807) is 0 Å². The summed E-state index contributed by atoms with van der Waals surface area (Å²) in [7, 11) is 0. The number of hydrogen-bond donors (Lipinski definition) is 1. The number of anilines is 1. The van der Waals surface area contributed by atoms with Crippen LogP contribution in [0, 0.1) is 5.92 Å². The molecule has 8 heteroatoms. The first-order valence-electron chi connectivity index (χ1n) is 8.12. The second kappa shape index (κ2) is 7.21. The minimum Gasteiger partial charge on any atom is -0.481 e. The van der Waals surface area contributed by atoms with Gasteiger partial charge in [0, 0.05) is 16.2 Å². The lowest BCUT2D eigenvalue weighted by atomic mass is 9.93. The molecular weight excluding hydrogens is 381 g/mol. The number of benzene rings is 1. The van der Waals surface area contributed by atoms with Crippen LogP contribution in [0.25, 0.3) is 0 Å². The summed E-state index contributed by atoms with van der Waals surface area (Å²) in [5.41, 5.74) is 1.74. The van der Waals surface area contributed by atoms with Crippen molar-refractivity contribution in [1.82, 2.24) is 0 Å². The van der Waals surface area contributed by atoms with Crippen molar-refractivity contribution in [2.24, 2.45) is 5.92 Å². The van der Waals surface area contributed by atoms with E-state index in [1.807, 2.05) is 0 Å². The second-order valence-electron chi connectivity index (χ2n) is 6.28. The van der Waals surface area contributed by atoms with Crippen molar-refractivity contribution < 1.29 is 24.3 Å². The van der Waals surface area contributed by atoms with Crippen LogP contribution in [0.5, 0.6) is 0 Å². The molecule has 0 bridgehead atoms. The average molecular weight is 396 g/mol. The SMILES string of the molecule is O=C(O)C(Cc1cc(N2C(=O)C3=C(CCCC3)C2=O)ccc1Cl)C(=O)Cl. The predicted octanol–water partition coefficient (Wildman–Crippen LogP) is 3.09. The number of halogens is 2. The zero-order valence-corrected chi connectivity index (χ0v) is 15.1. The van der Waals surface area contributed by atoms with E-state index < -0.39 is 17.1 Å². The molecule has 1 atom stereocenters. The molecule has 2 aliphatic rings. The molecule has 26 heavy (non-hydrogen) atoms. The molecule has 0 radical (unpaired) electrons. The zero-order valence-electron chi connectivity index (χ0n) is 13.6. The highest BCUT2D eigenvalue weighted by molar-refractivity contribution is 6.65. The van der Waals surface area contributed by atoms with Gasteiger partial charge in [-0.3, -0.25) is 19.2 Å². The Kier molecular flexibility index (Phi) is 5.16. The molecule has 1 N–H and O–H groups in total. The number of imide groups is 1. The molecule has 0 saturated carbocycles. The summed E-state index contributed by atoms with van der Waals surface area (Å²) in [5.74, 6) is -3.51. The van der Waals surface area contributed by atoms with Crippen molar-refractivity contribution >= 4 is 51.9 Å². The van der Waals surface area contributed by atoms with Crippen LogP contribution in [0.3, 0.4) is 0 Å². The number of hydrogen-bond acceptors (Lipinski definition) is 4. The summed E-state index contributed by atoms with van der Waals surface area (Å²) in [4.78, 5) is 48.9. The monoisotopic (exact) mass is 395 g/mol. The highest BCUT2D eigenvalue weighted by Crippen LogP contribution is 2.36. The Labute approximate surface area is 159 Å². The van der Waals surface area contributed by atoms with E-state index in [2.05, 4.69) is 0 Å². The summed E-state index contributed by atoms with van der Waals surface area (Å²) < 4.78 is 0. The number of nitrogens with zero attached hydrogens (tertiary/aromatic N) is 1. The van der Waals surface area contributed by atoms with E-state index in [-0.39, 0.29) is 23.3 Å². The van der Waals surface area contributed by atoms with Crippen LogP contribution in [0.1, 0.15) is 31.2 Å². The normalized spacial score (nSPS) is 18.2. The van der Waals surface area contributed by atoms with Crippen LogP contribution in [0.4, 0.5) is 5.69 Å². The van der Waals surface area contributed by atoms with E-state index >= 15 is 0 Å². The third-order valence-electron chi connectivity index (χ3n) is 4.67. The number of carbonyl (C=O) groups excluding carboxylic acids is 3. The number of carboxylic acids is 1. The van der Waals surface area contributed by atoms with Crippen LogP contribution in [0.2, 0.25) is 5.02 Å². The fraction of sp³-hybridized carbons (Fsp3) is 0.333. The van der Waals surface area contributed by atoms with Gasteiger partial charge in [0.1, 0.15) is 5.92 Å². The first-order chi connectivity index (χ1) is 12.3. The van der Waals surface area contributed by atoms with Gasteiger partial charge in [-0.2, -0.15) is 0 Å². The van der Waals surface area contributed by atoms with Crippen molar-refractivity contribution in [1.29, 1.82) is 0 Å². The molecule has 1 aliphatic heterocycles. The second-order valence-corrected chi connectivity index (χ2v) is 7.06. The maximum Gasteiger partial charge on any atom is 0.315 e. The van der Waals surface area contributed by atoms with Crippen molar-refractivity contribution in [2.75, 3.05) is 4.90 Å². The minimum absolute atomic E-state index is 0.228. The van der Waals surface area contributed by atoms with Crippen LogP contribution < -0.4 is 4.90 Å². The molecule has 0 spiro atoms. The quantitative estimate of drug-likeness (QED) is 0.469. The summed E-state index contributed by atoms with van der Waals surface area (Å²) >= 11 is 11.5. The Hall–Kier alpha value is -2.18. The van der Waals surface area contributed by atoms with Crippen LogP contribution in [-0.2, 0) is 25.6 Å². The molecule has 3 rings (SSSR count). The van der Waals surface area contributed by atoms with Gasteiger partial charge in [-0.25, -0.2) is 4.90 Å². The van der Waals surface area contributed by atoms with Gasteiger partial charge in [-0.1, -0.05) is 11.6 Å². The number of aliphatic carboxylic acids is 1. The topological polar surface area (TPSA) is 91.8 Å². The van der Waals surface area contributed by atoms with Gasteiger partial charge in [0.25, 0.3) is 11.8 Å². The van der Waals surface area contributed by atoms with Gasteiger partial charge in [0.05, 0.1) is 5.69 Å². The fourth-order valence-corrected chi connectivity index (χ4v) is 3.68. The summed E-state index contributed by atoms with van der Waals surface area (Å²) in [6.07, 6.45) is 2.68. The first-order valence-corrected chi connectivity index (χ1v) is 8.88. The summed E-state index contributed by atoms with van der Waals surface area (Å²) in [6.45, 7) is 0. The number of carbonyl (C=O) groups is 4. The number of amides is 2. The molecule has 1 heterocycles. The van der Waals surface area contributed by atoms with Gasteiger partial charge in [-0.15, -0.1) is 0 Å². The molecule has 1 unspecified atom stereocenters. The van der Waals surface area contributed by atoms with E-state index in [0.29, 0.717) is 35.2 Å². The Morgan fingerprint density at radius 2 is 1.69 bits per heavy atom. The maximum atomic E-state index is 12.6. The van der Waals surface area contributed by atoms with Crippen molar-refractivity contribution in [3.8, 4) is 0 Å². The maximum absolute atomic E-state index is 12.6. The van der Waals surface area contributed by atoms with E-state index in [4.69, 9.17) is 28.3 Å². The van der Waals surface area contributed by atoms with Gasteiger partial charge in [0.15, 0.2) is 0 Å². The highest BCUT2D eigenvalue weighted by atomic mass is 35.5. The van der Waals surface area contributed by atoms with Gasteiger partial charge < -0.3 is 5.11 Å². The van der Waals surface area contributed by atoms with E-state index in [9.17, 15) is 19.2 Å². The van der Waals surface area contributed by atoms with Gasteiger partial charge >= 0.3 is 5.97 Å². The molecule has 0 saturated heterocycles. The largest absolute Gasteiger partial charge is 0.481 e. The van der Waals surface area contributed by atoms with Crippen LogP contribution in [-0.4, -0.2) is 28.1 Å². The van der Waals surface area contributed by atoms with E-state index in [1.165, 1.54) is 18.2 Å². The number of carboxylic acid groups (broad SMARTS) is 1. The molecule has 0 fully saturated rings. The Morgan fingerprint density at radius 1 is 1.12 bits per heavy atom. The molecule has 2 amide bonds. The van der Waals surface area contributed by atoms with Crippen LogP contribution in [0.15, 0.2) is 29.3 Å². The molecule has 1 aliphatic carbocycles. The third kappa shape index (κ3) is 3.27. The molecular formula is C18H15Cl2NO5. The lowest BCUT2D eigenvalue weighted by molar-refractivity contribution is -0.144. The average Bonchev–Trinajstić information content (AvgIpc) is 2.85. The third-order valence-corrected chi connectivity index (χ3v) is 5.31. The van der Waals surface area contributed by atoms with E-state index in [0.717, 1.165) is 17.7 Å². The van der Waals surface area contributed by atoms with Crippen molar-refractivity contribution in [3.05, 3.63) is 39.9 Å². The van der Waals surface area contributed by atoms with Gasteiger partial charge in [-0.05, 0) is 67.5 Å². The summed E-state index contributed by atoms with van der Waals surface area (Å²) in [6, 6.07) is 4.46. The predicted molar refractivity (Wildman–Crippen MR) is 95.1 cm³/mol. The lowest BCUT2D eigenvalue weighted by Gasteiger charge is -2.17. The molecule has 1 aromatic carbocycles. The fourth-order valence-electron chi connectivity index (χ4n) is 3.32. The number of rotatable bonds is 5. The molecule has 136 valence electrons. The molecule has 0 aromatic heterocycles. The van der Waals surface area contributed by atoms with Crippen LogP contribution >= 0.6 is 23.2 Å². The Bertz CT molecular complexity index is 819. The standard InChI is InChI=1S/C18H15Cl2NO5/c19-14-6-5-10(7-9(14)8-13(15(20)22)18(25)26)21-16(23)11-3-1-2-4-12(11)17(21)24/h5-7,13H,1-4,8H2,(H,25,26). The molecule has 6 nitrogen and oxygen atoms in total. The highest BCUT2D eigenvalue weighted by Gasteiger charge is 2.40. The molecule has 1 aromatic rings. The lowest BCUT2D eigenvalue weighted by Crippen LogP contribution is -2.31. The van der Waals surface area contributed by atoms with Crippen molar-refractivity contribution in [2.45, 2.75) is 32.1 Å². The Morgan fingerprint density at radius 3 is 2.19 bits per heavy atom. The summed E-state index contributed by atoms with van der Waals surface area (Å²) in [5, 5.41) is 8.35. The van der Waals surface area contributed by atoms with Crippen molar-refractivity contribution in [3.63, 3.8) is 0 Å². The van der Waals surface area contributed by atoms with Gasteiger partial charge in [0.2, 0.25) is 5.24 Å².